The Labute approximate surface area is 71.5 Å². The summed E-state index contributed by atoms with van der Waals surface area (Å²) in [5, 5.41) is 8.38. The van der Waals surface area contributed by atoms with Crippen molar-refractivity contribution in [2.45, 2.75) is 6.42 Å². The minimum Gasteiger partial charge on any atom is -0.347 e. The van der Waals surface area contributed by atoms with Gasteiger partial charge in [-0.15, -0.1) is 0 Å². The third kappa shape index (κ3) is 1.92. The molecule has 0 N–H and O–H groups in total. The molecule has 12 heavy (non-hydrogen) atoms. The smallest absolute Gasteiger partial charge is 0.224 e. The summed E-state index contributed by atoms with van der Waals surface area (Å²) in [6, 6.07) is 2.04. The van der Waals surface area contributed by atoms with Crippen LogP contribution in [0.25, 0.3) is 0 Å². The third-order valence-corrected chi connectivity index (χ3v) is 1.37. The van der Waals surface area contributed by atoms with E-state index in [0.29, 0.717) is 12.4 Å². The van der Waals surface area contributed by atoms with Gasteiger partial charge in [-0.3, -0.25) is 0 Å². The lowest BCUT2D eigenvalue weighted by atomic mass is 10.3. The monoisotopic (exact) mass is 162 g/mol. The van der Waals surface area contributed by atoms with E-state index >= 15 is 0 Å². The van der Waals surface area contributed by atoms with Crippen molar-refractivity contribution in [3.05, 3.63) is 18.0 Å². The predicted octanol–water partition coefficient (Wildman–Crippen LogP) is 0.609. The molecule has 0 amide bonds. The quantitative estimate of drug-likeness (QED) is 0.639. The maximum Gasteiger partial charge on any atom is 0.224 e. The first-order chi connectivity index (χ1) is 5.74. The van der Waals surface area contributed by atoms with Crippen LogP contribution in [0.3, 0.4) is 0 Å². The van der Waals surface area contributed by atoms with Crippen LogP contribution in [0.2, 0.25) is 0 Å². The molecule has 0 spiro atoms. The first-order valence-electron chi connectivity index (χ1n) is 3.59. The van der Waals surface area contributed by atoms with Crippen molar-refractivity contribution in [1.29, 1.82) is 5.26 Å². The van der Waals surface area contributed by atoms with E-state index in [0.717, 1.165) is 5.56 Å². The number of nitrogens with zero attached hydrogens (tertiary/aromatic N) is 4. The fourth-order valence-electron chi connectivity index (χ4n) is 0.761. The van der Waals surface area contributed by atoms with Gasteiger partial charge in [-0.2, -0.15) is 5.26 Å². The molecule has 0 aliphatic rings. The molecule has 1 aromatic heterocycles. The van der Waals surface area contributed by atoms with Crippen molar-refractivity contribution in [2.24, 2.45) is 0 Å². The molecule has 1 rings (SSSR count). The fourth-order valence-corrected chi connectivity index (χ4v) is 0.761. The van der Waals surface area contributed by atoms with E-state index in [2.05, 4.69) is 9.97 Å². The summed E-state index contributed by atoms with van der Waals surface area (Å²) in [5.74, 6) is 0.664. The highest BCUT2D eigenvalue weighted by Crippen LogP contribution is 2.02. The summed E-state index contributed by atoms with van der Waals surface area (Å²) in [4.78, 5) is 9.94. The highest BCUT2D eigenvalue weighted by Gasteiger charge is 1.97. The molecule has 0 aliphatic heterocycles. The van der Waals surface area contributed by atoms with Crippen molar-refractivity contribution >= 4 is 5.95 Å². The summed E-state index contributed by atoms with van der Waals surface area (Å²) in [7, 11) is 3.75. The Morgan fingerprint density at radius 1 is 1.42 bits per heavy atom. The van der Waals surface area contributed by atoms with Crippen LogP contribution < -0.4 is 4.90 Å². The Bertz CT molecular complexity index is 283. The minimum atomic E-state index is 0.369. The third-order valence-electron chi connectivity index (χ3n) is 1.37. The number of hydrogen-bond acceptors (Lipinski definition) is 4. The average molecular weight is 162 g/mol. The molecule has 0 unspecified atom stereocenters. The van der Waals surface area contributed by atoms with E-state index in [-0.39, 0.29) is 0 Å². The van der Waals surface area contributed by atoms with Crippen LogP contribution >= 0.6 is 0 Å². The second-order valence-corrected chi connectivity index (χ2v) is 2.62. The van der Waals surface area contributed by atoms with Crippen LogP contribution in [0.15, 0.2) is 12.4 Å². The zero-order chi connectivity index (χ0) is 8.97. The van der Waals surface area contributed by atoms with Gasteiger partial charge < -0.3 is 4.90 Å². The lowest BCUT2D eigenvalue weighted by Crippen LogP contribution is -2.12. The second-order valence-electron chi connectivity index (χ2n) is 2.62. The van der Waals surface area contributed by atoms with Crippen LogP contribution in [0, 0.1) is 11.3 Å². The molecule has 1 heterocycles. The molecule has 0 bridgehead atoms. The van der Waals surface area contributed by atoms with E-state index < -0.39 is 0 Å². The number of hydrogen-bond donors (Lipinski definition) is 0. The standard InChI is InChI=1S/C8H10N4/c1-12(2)8-10-5-7(3-4-9)6-11-8/h5-6H,3H2,1-2H3. The lowest BCUT2D eigenvalue weighted by molar-refractivity contribution is 0.980. The number of rotatable bonds is 2. The zero-order valence-electron chi connectivity index (χ0n) is 7.15. The molecule has 0 saturated heterocycles. The number of nitriles is 1. The van der Waals surface area contributed by atoms with Crippen molar-refractivity contribution in [1.82, 2.24) is 9.97 Å². The van der Waals surface area contributed by atoms with E-state index in [9.17, 15) is 0 Å². The van der Waals surface area contributed by atoms with Gasteiger partial charge in [0.25, 0.3) is 0 Å². The summed E-state index contributed by atoms with van der Waals surface area (Å²) < 4.78 is 0. The van der Waals surface area contributed by atoms with Crippen LogP contribution in [-0.2, 0) is 6.42 Å². The summed E-state index contributed by atoms with van der Waals surface area (Å²) in [5.41, 5.74) is 0.850. The molecule has 62 valence electrons. The Morgan fingerprint density at radius 2 is 2.00 bits per heavy atom. The van der Waals surface area contributed by atoms with Gasteiger partial charge in [0.1, 0.15) is 0 Å². The van der Waals surface area contributed by atoms with Gasteiger partial charge in [-0.1, -0.05) is 0 Å². The van der Waals surface area contributed by atoms with Crippen LogP contribution in [0.5, 0.6) is 0 Å². The van der Waals surface area contributed by atoms with Gasteiger partial charge in [0.05, 0.1) is 12.5 Å². The predicted molar refractivity (Wildman–Crippen MR) is 45.7 cm³/mol. The van der Waals surface area contributed by atoms with Crippen molar-refractivity contribution in [3.63, 3.8) is 0 Å². The fraction of sp³-hybridized carbons (Fsp3) is 0.375. The maximum absolute atomic E-state index is 8.38. The molecule has 0 fully saturated rings. The van der Waals surface area contributed by atoms with E-state index in [1.54, 1.807) is 12.4 Å². The van der Waals surface area contributed by atoms with Crippen LogP contribution in [0.4, 0.5) is 5.95 Å². The van der Waals surface area contributed by atoms with Gasteiger partial charge in [-0.05, 0) is 0 Å². The number of anilines is 1. The minimum absolute atomic E-state index is 0.369. The SMILES string of the molecule is CN(C)c1ncc(CC#N)cn1. The van der Waals surface area contributed by atoms with Crippen molar-refractivity contribution < 1.29 is 0 Å². The van der Waals surface area contributed by atoms with Gasteiger partial charge >= 0.3 is 0 Å². The topological polar surface area (TPSA) is 52.8 Å². The summed E-state index contributed by atoms with van der Waals surface area (Å²) >= 11 is 0. The van der Waals surface area contributed by atoms with E-state index in [4.69, 9.17) is 5.26 Å². The van der Waals surface area contributed by atoms with Gasteiger partial charge in [0, 0.05) is 32.1 Å². The highest BCUT2D eigenvalue weighted by atomic mass is 15.2. The number of aromatic nitrogens is 2. The van der Waals surface area contributed by atoms with Gasteiger partial charge in [0.2, 0.25) is 5.95 Å². The molecule has 1 aromatic rings. The maximum atomic E-state index is 8.38. The Morgan fingerprint density at radius 3 is 2.42 bits per heavy atom. The van der Waals surface area contributed by atoms with E-state index in [1.807, 2.05) is 25.1 Å². The molecule has 4 nitrogen and oxygen atoms in total. The summed E-state index contributed by atoms with van der Waals surface area (Å²) in [6.45, 7) is 0. The first-order valence-corrected chi connectivity index (χ1v) is 3.59. The Kier molecular flexibility index (Phi) is 2.59. The van der Waals surface area contributed by atoms with Crippen LogP contribution in [0.1, 0.15) is 5.56 Å². The second kappa shape index (κ2) is 3.67. The summed E-state index contributed by atoms with van der Waals surface area (Å²) in [6.07, 6.45) is 3.71. The zero-order valence-corrected chi connectivity index (χ0v) is 7.15. The van der Waals surface area contributed by atoms with Crippen LogP contribution in [-0.4, -0.2) is 24.1 Å². The molecule has 0 radical (unpaired) electrons. The Balaban J connectivity index is 2.80. The highest BCUT2D eigenvalue weighted by molar-refractivity contribution is 5.27. The van der Waals surface area contributed by atoms with Crippen molar-refractivity contribution in [2.75, 3.05) is 19.0 Å². The lowest BCUT2D eigenvalue weighted by Gasteiger charge is -2.08. The van der Waals surface area contributed by atoms with Crippen molar-refractivity contribution in [3.8, 4) is 6.07 Å². The normalized spacial score (nSPS) is 9.08. The Hall–Kier alpha value is -1.63. The molecule has 0 aromatic carbocycles. The van der Waals surface area contributed by atoms with E-state index in [1.165, 1.54) is 0 Å². The largest absolute Gasteiger partial charge is 0.347 e. The molecular formula is C8H10N4. The molecule has 4 heteroatoms. The molecule has 0 aliphatic carbocycles. The van der Waals surface area contributed by atoms with Gasteiger partial charge in [0.15, 0.2) is 0 Å². The van der Waals surface area contributed by atoms with Gasteiger partial charge in [-0.25, -0.2) is 9.97 Å². The molecular weight excluding hydrogens is 152 g/mol. The first kappa shape index (κ1) is 8.47. The average Bonchev–Trinajstić information content (AvgIpc) is 2.06. The molecule has 0 saturated carbocycles. The molecule has 0 atom stereocenters.